The Morgan fingerprint density at radius 3 is 2.36 bits per heavy atom. The number of amides is 2. The fourth-order valence-corrected chi connectivity index (χ4v) is 3.75. The molecule has 1 heterocycles. The van der Waals surface area contributed by atoms with Crippen LogP contribution >= 0.6 is 15.9 Å². The lowest BCUT2D eigenvalue weighted by Gasteiger charge is -2.27. The quantitative estimate of drug-likeness (QED) is 0.767. The summed E-state index contributed by atoms with van der Waals surface area (Å²) in [7, 11) is 3.57. The summed E-state index contributed by atoms with van der Waals surface area (Å²) in [6.45, 7) is 3.56. The zero-order valence-electron chi connectivity index (χ0n) is 15.0. The summed E-state index contributed by atoms with van der Waals surface area (Å²) in [5.41, 5.74) is 0.819. The number of likely N-dealkylation sites (N-methyl/N-ethyl adjacent to an activating group) is 1. The van der Waals surface area contributed by atoms with Crippen LogP contribution in [0.2, 0.25) is 0 Å². The first-order chi connectivity index (χ1) is 11.9. The van der Waals surface area contributed by atoms with Crippen LogP contribution in [0.5, 0.6) is 0 Å². The van der Waals surface area contributed by atoms with Gasteiger partial charge >= 0.3 is 0 Å². The van der Waals surface area contributed by atoms with Crippen molar-refractivity contribution in [3.63, 3.8) is 0 Å². The Hall–Kier alpha value is -1.40. The number of nitrogens with zero attached hydrogens (tertiary/aromatic N) is 3. The van der Waals surface area contributed by atoms with Gasteiger partial charge in [-0.15, -0.1) is 0 Å². The van der Waals surface area contributed by atoms with Gasteiger partial charge in [-0.1, -0.05) is 28.1 Å². The molecule has 1 saturated carbocycles. The monoisotopic (exact) mass is 407 g/mol. The lowest BCUT2D eigenvalue weighted by Crippen LogP contribution is -2.42. The van der Waals surface area contributed by atoms with Crippen molar-refractivity contribution < 1.29 is 9.59 Å². The molecule has 3 rings (SSSR count). The number of rotatable bonds is 4. The van der Waals surface area contributed by atoms with Gasteiger partial charge in [-0.25, -0.2) is 0 Å². The third-order valence-corrected chi connectivity index (χ3v) is 5.82. The maximum Gasteiger partial charge on any atom is 0.236 e. The molecule has 0 N–H and O–H groups in total. The van der Waals surface area contributed by atoms with E-state index < -0.39 is 0 Å². The van der Waals surface area contributed by atoms with Crippen LogP contribution in [-0.2, 0) is 15.0 Å². The molecule has 136 valence electrons. The summed E-state index contributed by atoms with van der Waals surface area (Å²) < 4.78 is 1.04. The van der Waals surface area contributed by atoms with E-state index in [-0.39, 0.29) is 17.2 Å². The smallest absolute Gasteiger partial charge is 0.236 e. The summed E-state index contributed by atoms with van der Waals surface area (Å²) in [5.74, 6) is 0.379. The second-order valence-electron chi connectivity index (χ2n) is 7.30. The fraction of sp³-hybridized carbons (Fsp3) is 0.579. The third kappa shape index (κ3) is 4.06. The number of carbonyl (C=O) groups is 2. The number of halogens is 1. The molecule has 1 aromatic rings. The van der Waals surface area contributed by atoms with Crippen molar-refractivity contribution in [2.45, 2.75) is 24.7 Å². The average Bonchev–Trinajstić information content (AvgIpc) is 3.40. The summed E-state index contributed by atoms with van der Waals surface area (Å²) >= 11 is 3.46. The molecule has 2 fully saturated rings. The van der Waals surface area contributed by atoms with E-state index in [2.05, 4.69) is 33.0 Å². The summed E-state index contributed by atoms with van der Waals surface area (Å²) in [6.07, 6.45) is 2.79. The zero-order chi connectivity index (χ0) is 18.0. The van der Waals surface area contributed by atoms with Crippen molar-refractivity contribution in [2.75, 3.05) is 46.8 Å². The van der Waals surface area contributed by atoms with E-state index in [0.717, 1.165) is 48.9 Å². The molecule has 2 amide bonds. The van der Waals surface area contributed by atoms with Crippen LogP contribution in [0, 0.1) is 0 Å². The second kappa shape index (κ2) is 7.46. The van der Waals surface area contributed by atoms with Crippen molar-refractivity contribution in [3.8, 4) is 0 Å². The van der Waals surface area contributed by atoms with Crippen LogP contribution in [0.1, 0.15) is 24.8 Å². The molecular formula is C19H26BrN3O2. The molecule has 0 radical (unpaired) electrons. The van der Waals surface area contributed by atoms with Crippen LogP contribution in [0.15, 0.2) is 28.7 Å². The Kier molecular flexibility index (Phi) is 5.49. The molecule has 0 aromatic heterocycles. The SMILES string of the molecule is CN(C)C(=O)CN1CCCN(C(=O)C2(c3ccc(Br)cc3)CC2)CC1. The van der Waals surface area contributed by atoms with Crippen LogP contribution in [0.4, 0.5) is 0 Å². The molecule has 0 bridgehead atoms. The van der Waals surface area contributed by atoms with Crippen LogP contribution in [0.25, 0.3) is 0 Å². The molecular weight excluding hydrogens is 382 g/mol. The number of hydrogen-bond donors (Lipinski definition) is 0. The first-order valence-electron chi connectivity index (χ1n) is 8.90. The largest absolute Gasteiger partial charge is 0.348 e. The highest BCUT2D eigenvalue weighted by atomic mass is 79.9. The molecule has 1 saturated heterocycles. The molecule has 1 aliphatic carbocycles. The molecule has 25 heavy (non-hydrogen) atoms. The molecule has 2 aliphatic rings. The van der Waals surface area contributed by atoms with Gasteiger partial charge in [-0.2, -0.15) is 0 Å². The van der Waals surface area contributed by atoms with Crippen molar-refractivity contribution >= 4 is 27.7 Å². The van der Waals surface area contributed by atoms with Gasteiger partial charge in [0.1, 0.15) is 0 Å². The van der Waals surface area contributed by atoms with Crippen molar-refractivity contribution in [2.24, 2.45) is 0 Å². The van der Waals surface area contributed by atoms with Gasteiger partial charge in [-0.05, 0) is 37.0 Å². The number of hydrogen-bond acceptors (Lipinski definition) is 3. The Morgan fingerprint density at radius 2 is 1.76 bits per heavy atom. The molecule has 0 unspecified atom stereocenters. The molecule has 1 aromatic carbocycles. The Labute approximate surface area is 158 Å². The maximum absolute atomic E-state index is 13.2. The minimum absolute atomic E-state index is 0.119. The van der Waals surface area contributed by atoms with E-state index >= 15 is 0 Å². The van der Waals surface area contributed by atoms with Crippen molar-refractivity contribution in [3.05, 3.63) is 34.3 Å². The fourth-order valence-electron chi connectivity index (χ4n) is 3.49. The summed E-state index contributed by atoms with van der Waals surface area (Å²) in [5, 5.41) is 0. The van der Waals surface area contributed by atoms with Gasteiger partial charge in [0.15, 0.2) is 0 Å². The van der Waals surface area contributed by atoms with E-state index in [1.807, 2.05) is 17.0 Å². The standard InChI is InChI=1S/C19H26BrN3O2/c1-21(2)17(24)14-22-10-3-11-23(13-12-22)18(25)19(8-9-19)15-4-6-16(20)7-5-15/h4-7H,3,8-14H2,1-2H3. The van der Waals surface area contributed by atoms with E-state index in [0.29, 0.717) is 13.1 Å². The first-order valence-corrected chi connectivity index (χ1v) is 9.70. The topological polar surface area (TPSA) is 43.9 Å². The summed E-state index contributed by atoms with van der Waals surface area (Å²) in [4.78, 5) is 30.9. The summed E-state index contributed by atoms with van der Waals surface area (Å²) in [6, 6.07) is 8.16. The predicted molar refractivity (Wildman–Crippen MR) is 101 cm³/mol. The molecule has 1 aliphatic heterocycles. The van der Waals surface area contributed by atoms with E-state index in [9.17, 15) is 9.59 Å². The van der Waals surface area contributed by atoms with Crippen LogP contribution < -0.4 is 0 Å². The molecule has 0 atom stereocenters. The Bertz CT molecular complexity index is 641. The normalized spacial score (nSPS) is 20.0. The van der Waals surface area contributed by atoms with Gasteiger partial charge in [0.25, 0.3) is 0 Å². The van der Waals surface area contributed by atoms with Crippen molar-refractivity contribution in [1.29, 1.82) is 0 Å². The van der Waals surface area contributed by atoms with Gasteiger partial charge in [0, 0.05) is 44.7 Å². The first kappa shape index (κ1) is 18.4. The highest BCUT2D eigenvalue weighted by Gasteiger charge is 2.52. The van der Waals surface area contributed by atoms with Crippen LogP contribution in [-0.4, -0.2) is 73.3 Å². The predicted octanol–water partition coefficient (Wildman–Crippen LogP) is 2.10. The lowest BCUT2D eigenvalue weighted by atomic mass is 9.94. The molecule has 5 nitrogen and oxygen atoms in total. The van der Waals surface area contributed by atoms with Crippen molar-refractivity contribution in [1.82, 2.24) is 14.7 Å². The number of carbonyl (C=O) groups excluding carboxylic acids is 2. The average molecular weight is 408 g/mol. The third-order valence-electron chi connectivity index (χ3n) is 5.29. The highest BCUT2D eigenvalue weighted by Crippen LogP contribution is 2.49. The molecule has 6 heteroatoms. The highest BCUT2D eigenvalue weighted by molar-refractivity contribution is 9.10. The minimum atomic E-state index is -0.310. The van der Waals surface area contributed by atoms with Gasteiger partial charge in [0.05, 0.1) is 12.0 Å². The number of benzene rings is 1. The minimum Gasteiger partial charge on any atom is -0.348 e. The van der Waals surface area contributed by atoms with E-state index in [4.69, 9.17) is 0 Å². The van der Waals surface area contributed by atoms with E-state index in [1.165, 1.54) is 0 Å². The lowest BCUT2D eigenvalue weighted by molar-refractivity contribution is -0.133. The van der Waals surface area contributed by atoms with E-state index in [1.54, 1.807) is 19.0 Å². The van der Waals surface area contributed by atoms with Gasteiger partial charge < -0.3 is 9.80 Å². The maximum atomic E-state index is 13.2. The zero-order valence-corrected chi connectivity index (χ0v) is 16.6. The van der Waals surface area contributed by atoms with Crippen LogP contribution in [0.3, 0.4) is 0 Å². The Morgan fingerprint density at radius 1 is 1.08 bits per heavy atom. The van der Waals surface area contributed by atoms with Gasteiger partial charge in [-0.3, -0.25) is 14.5 Å². The Balaban J connectivity index is 1.63. The van der Waals surface area contributed by atoms with Gasteiger partial charge in [0.2, 0.25) is 11.8 Å². The second-order valence-corrected chi connectivity index (χ2v) is 8.21. The molecule has 0 spiro atoms.